The molecule has 0 radical (unpaired) electrons. The average molecular weight is 225 g/mol. The SMILES string of the molecule is CCCNCC1(OC2CCC2)CCCCC1. The molecule has 0 bridgehead atoms. The van der Waals surface area contributed by atoms with Crippen molar-refractivity contribution in [2.24, 2.45) is 0 Å². The van der Waals surface area contributed by atoms with Crippen LogP contribution in [0.15, 0.2) is 0 Å². The van der Waals surface area contributed by atoms with Crippen molar-refractivity contribution in [3.63, 3.8) is 0 Å². The lowest BCUT2D eigenvalue weighted by atomic mass is 9.83. The molecule has 0 spiro atoms. The van der Waals surface area contributed by atoms with Crippen LogP contribution >= 0.6 is 0 Å². The van der Waals surface area contributed by atoms with Crippen molar-refractivity contribution in [3.05, 3.63) is 0 Å². The third kappa shape index (κ3) is 3.21. The fourth-order valence-electron chi connectivity index (χ4n) is 2.87. The summed E-state index contributed by atoms with van der Waals surface area (Å²) in [5.74, 6) is 0. The normalized spacial score (nSPS) is 25.3. The average Bonchev–Trinajstić information content (AvgIpc) is 2.26. The van der Waals surface area contributed by atoms with E-state index in [0.29, 0.717) is 6.10 Å². The summed E-state index contributed by atoms with van der Waals surface area (Å²) in [6.07, 6.45) is 12.5. The lowest BCUT2D eigenvalue weighted by molar-refractivity contribution is -0.136. The molecule has 0 aromatic rings. The van der Waals surface area contributed by atoms with E-state index in [2.05, 4.69) is 12.2 Å². The van der Waals surface area contributed by atoms with Gasteiger partial charge in [-0.15, -0.1) is 0 Å². The summed E-state index contributed by atoms with van der Waals surface area (Å²) >= 11 is 0. The van der Waals surface area contributed by atoms with E-state index in [4.69, 9.17) is 4.74 Å². The first-order valence-corrected chi connectivity index (χ1v) is 7.23. The van der Waals surface area contributed by atoms with Crippen LogP contribution in [-0.2, 0) is 4.74 Å². The molecule has 0 amide bonds. The van der Waals surface area contributed by atoms with Gasteiger partial charge in [0.2, 0.25) is 0 Å². The van der Waals surface area contributed by atoms with Gasteiger partial charge in [0.25, 0.3) is 0 Å². The summed E-state index contributed by atoms with van der Waals surface area (Å²) < 4.78 is 6.40. The van der Waals surface area contributed by atoms with E-state index >= 15 is 0 Å². The second-order valence-corrected chi connectivity index (χ2v) is 5.59. The molecule has 2 saturated carbocycles. The molecule has 2 aliphatic carbocycles. The van der Waals surface area contributed by atoms with Crippen LogP contribution in [0.3, 0.4) is 0 Å². The van der Waals surface area contributed by atoms with Crippen LogP contribution in [0, 0.1) is 0 Å². The largest absolute Gasteiger partial charge is 0.370 e. The number of rotatable bonds is 6. The zero-order chi connectivity index (χ0) is 11.3. The van der Waals surface area contributed by atoms with Crippen LogP contribution in [0.1, 0.15) is 64.7 Å². The van der Waals surface area contributed by atoms with Crippen molar-refractivity contribution >= 4 is 0 Å². The van der Waals surface area contributed by atoms with Gasteiger partial charge in [-0.05, 0) is 45.1 Å². The highest BCUT2D eigenvalue weighted by Crippen LogP contribution is 2.36. The Bertz CT molecular complexity index is 195. The van der Waals surface area contributed by atoms with Gasteiger partial charge in [-0.25, -0.2) is 0 Å². The highest BCUT2D eigenvalue weighted by atomic mass is 16.5. The van der Waals surface area contributed by atoms with Gasteiger partial charge in [0.1, 0.15) is 0 Å². The topological polar surface area (TPSA) is 21.3 Å². The molecule has 0 saturated heterocycles. The van der Waals surface area contributed by atoms with Gasteiger partial charge in [-0.2, -0.15) is 0 Å². The molecule has 0 unspecified atom stereocenters. The summed E-state index contributed by atoms with van der Waals surface area (Å²) in [6, 6.07) is 0. The van der Waals surface area contributed by atoms with E-state index in [1.54, 1.807) is 0 Å². The lowest BCUT2D eigenvalue weighted by Crippen LogP contribution is -2.48. The first-order valence-electron chi connectivity index (χ1n) is 7.23. The van der Waals surface area contributed by atoms with Gasteiger partial charge in [0.05, 0.1) is 11.7 Å². The monoisotopic (exact) mass is 225 g/mol. The van der Waals surface area contributed by atoms with Gasteiger partial charge in [0.15, 0.2) is 0 Å². The Morgan fingerprint density at radius 3 is 2.44 bits per heavy atom. The molecular weight excluding hydrogens is 198 g/mol. The molecule has 0 aromatic carbocycles. The third-order valence-corrected chi connectivity index (χ3v) is 4.11. The van der Waals surface area contributed by atoms with E-state index in [9.17, 15) is 0 Å². The molecular formula is C14H27NO. The Hall–Kier alpha value is -0.0800. The minimum atomic E-state index is 0.193. The Morgan fingerprint density at radius 1 is 1.12 bits per heavy atom. The molecule has 94 valence electrons. The van der Waals surface area contributed by atoms with E-state index in [0.717, 1.165) is 13.1 Å². The molecule has 16 heavy (non-hydrogen) atoms. The van der Waals surface area contributed by atoms with Crippen LogP contribution in [0.5, 0.6) is 0 Å². The molecule has 0 aliphatic heterocycles. The standard InChI is InChI=1S/C14H27NO/c1-2-11-15-12-14(9-4-3-5-10-14)16-13-7-6-8-13/h13,15H,2-12H2,1H3. The quantitative estimate of drug-likeness (QED) is 0.701. The minimum Gasteiger partial charge on any atom is -0.370 e. The van der Waals surface area contributed by atoms with Crippen LogP contribution in [-0.4, -0.2) is 24.8 Å². The van der Waals surface area contributed by atoms with Crippen LogP contribution in [0.4, 0.5) is 0 Å². The predicted octanol–water partition coefficient (Wildman–Crippen LogP) is 3.26. The molecule has 0 heterocycles. The number of hydrogen-bond donors (Lipinski definition) is 1. The zero-order valence-corrected chi connectivity index (χ0v) is 10.8. The van der Waals surface area contributed by atoms with Crippen molar-refractivity contribution in [1.82, 2.24) is 5.32 Å². The van der Waals surface area contributed by atoms with Gasteiger partial charge in [-0.3, -0.25) is 0 Å². The first kappa shape index (κ1) is 12.4. The van der Waals surface area contributed by atoms with Crippen molar-refractivity contribution in [3.8, 4) is 0 Å². The van der Waals surface area contributed by atoms with E-state index in [1.165, 1.54) is 57.8 Å². The Morgan fingerprint density at radius 2 is 1.88 bits per heavy atom. The van der Waals surface area contributed by atoms with Gasteiger partial charge in [-0.1, -0.05) is 26.2 Å². The second kappa shape index (κ2) is 6.02. The van der Waals surface area contributed by atoms with Crippen molar-refractivity contribution in [2.45, 2.75) is 76.4 Å². The predicted molar refractivity (Wildman–Crippen MR) is 67.7 cm³/mol. The van der Waals surface area contributed by atoms with Crippen molar-refractivity contribution in [2.75, 3.05) is 13.1 Å². The van der Waals surface area contributed by atoms with Crippen molar-refractivity contribution in [1.29, 1.82) is 0 Å². The maximum Gasteiger partial charge on any atom is 0.0810 e. The lowest BCUT2D eigenvalue weighted by Gasteiger charge is -2.43. The van der Waals surface area contributed by atoms with Gasteiger partial charge >= 0.3 is 0 Å². The number of ether oxygens (including phenoxy) is 1. The fraction of sp³-hybridized carbons (Fsp3) is 1.00. The molecule has 0 aromatic heterocycles. The Labute approximate surface area is 100 Å². The summed E-state index contributed by atoms with van der Waals surface area (Å²) in [5.41, 5.74) is 0.193. The molecule has 2 aliphatic rings. The summed E-state index contributed by atoms with van der Waals surface area (Å²) in [4.78, 5) is 0. The molecule has 2 nitrogen and oxygen atoms in total. The van der Waals surface area contributed by atoms with Gasteiger partial charge < -0.3 is 10.1 Å². The Balaban J connectivity index is 1.82. The smallest absolute Gasteiger partial charge is 0.0810 e. The van der Waals surface area contributed by atoms with Crippen LogP contribution in [0.25, 0.3) is 0 Å². The molecule has 2 heteroatoms. The maximum absolute atomic E-state index is 6.40. The fourth-order valence-corrected chi connectivity index (χ4v) is 2.87. The summed E-state index contributed by atoms with van der Waals surface area (Å²) in [5, 5.41) is 3.57. The summed E-state index contributed by atoms with van der Waals surface area (Å²) in [6.45, 7) is 4.44. The third-order valence-electron chi connectivity index (χ3n) is 4.11. The number of nitrogens with one attached hydrogen (secondary N) is 1. The van der Waals surface area contributed by atoms with Crippen LogP contribution in [0.2, 0.25) is 0 Å². The molecule has 2 rings (SSSR count). The second-order valence-electron chi connectivity index (χ2n) is 5.59. The Kier molecular flexibility index (Phi) is 4.66. The molecule has 0 atom stereocenters. The summed E-state index contributed by atoms with van der Waals surface area (Å²) in [7, 11) is 0. The van der Waals surface area contributed by atoms with E-state index in [-0.39, 0.29) is 5.60 Å². The highest BCUT2D eigenvalue weighted by molar-refractivity contribution is 4.89. The molecule has 1 N–H and O–H groups in total. The van der Waals surface area contributed by atoms with Gasteiger partial charge in [0, 0.05) is 6.54 Å². The van der Waals surface area contributed by atoms with Crippen molar-refractivity contribution < 1.29 is 4.74 Å². The van der Waals surface area contributed by atoms with Crippen LogP contribution < -0.4 is 5.32 Å². The zero-order valence-electron chi connectivity index (χ0n) is 10.8. The minimum absolute atomic E-state index is 0.193. The molecule has 2 fully saturated rings. The highest BCUT2D eigenvalue weighted by Gasteiger charge is 2.36. The van der Waals surface area contributed by atoms with E-state index < -0.39 is 0 Å². The maximum atomic E-state index is 6.40. The first-order chi connectivity index (χ1) is 7.85. The van der Waals surface area contributed by atoms with E-state index in [1.807, 2.05) is 0 Å². The number of hydrogen-bond acceptors (Lipinski definition) is 2.